The minimum Gasteiger partial charge on any atom is -0.444 e. The smallest absolute Gasteiger partial charge is 0.408 e. The lowest BCUT2D eigenvalue weighted by Crippen LogP contribution is -2.43. The summed E-state index contributed by atoms with van der Waals surface area (Å²) in [6.07, 6.45) is 0.0598. The molecule has 1 aliphatic heterocycles. The van der Waals surface area contributed by atoms with E-state index >= 15 is 0 Å². The van der Waals surface area contributed by atoms with Gasteiger partial charge in [-0.1, -0.05) is 0 Å². The van der Waals surface area contributed by atoms with Crippen LogP contribution in [0.25, 0.3) is 0 Å². The van der Waals surface area contributed by atoms with Crippen LogP contribution in [0, 0.1) is 0 Å². The minimum atomic E-state index is -0.620. The van der Waals surface area contributed by atoms with Crippen LogP contribution in [0.15, 0.2) is 24.3 Å². The van der Waals surface area contributed by atoms with Gasteiger partial charge in [0.15, 0.2) is 0 Å². The summed E-state index contributed by atoms with van der Waals surface area (Å²) in [7, 11) is 0. The highest BCUT2D eigenvalue weighted by Gasteiger charge is 2.23. The molecule has 1 aliphatic rings. The Kier molecular flexibility index (Phi) is 6.65. The third-order valence-electron chi connectivity index (χ3n) is 4.08. The highest BCUT2D eigenvalue weighted by Crippen LogP contribution is 2.12. The molecule has 1 fully saturated rings. The number of ether oxygens (including phenoxy) is 1. The molecule has 148 valence electrons. The number of benzene rings is 1. The third-order valence-corrected chi connectivity index (χ3v) is 4.08. The number of nitrogen functional groups attached to an aromatic ring is 1. The molecular formula is C19H28N4O4. The lowest BCUT2D eigenvalue weighted by Gasteiger charge is -2.23. The maximum absolute atomic E-state index is 12.6. The van der Waals surface area contributed by atoms with Gasteiger partial charge in [0.1, 0.15) is 12.1 Å². The van der Waals surface area contributed by atoms with E-state index in [1.165, 1.54) is 0 Å². The Morgan fingerprint density at radius 3 is 2.26 bits per heavy atom. The highest BCUT2D eigenvalue weighted by molar-refractivity contribution is 5.94. The average molecular weight is 376 g/mol. The van der Waals surface area contributed by atoms with Crippen molar-refractivity contribution >= 4 is 23.6 Å². The van der Waals surface area contributed by atoms with Gasteiger partial charge in [-0.3, -0.25) is 9.59 Å². The van der Waals surface area contributed by atoms with E-state index in [4.69, 9.17) is 10.5 Å². The predicted molar refractivity (Wildman–Crippen MR) is 102 cm³/mol. The Balaban J connectivity index is 1.84. The average Bonchev–Trinajstić information content (AvgIpc) is 2.84. The van der Waals surface area contributed by atoms with Crippen LogP contribution in [0.5, 0.6) is 0 Å². The van der Waals surface area contributed by atoms with Gasteiger partial charge < -0.3 is 25.6 Å². The molecule has 3 amide bonds. The second-order valence-electron chi connectivity index (χ2n) is 7.50. The number of nitrogens with two attached hydrogens (primary N) is 1. The van der Waals surface area contributed by atoms with E-state index < -0.39 is 11.7 Å². The predicted octanol–water partition coefficient (Wildman–Crippen LogP) is 1.47. The van der Waals surface area contributed by atoms with Crippen LogP contribution in [0.4, 0.5) is 10.5 Å². The van der Waals surface area contributed by atoms with Crippen molar-refractivity contribution in [2.75, 3.05) is 38.5 Å². The van der Waals surface area contributed by atoms with Gasteiger partial charge in [-0.25, -0.2) is 4.79 Å². The zero-order chi connectivity index (χ0) is 20.0. The first-order chi connectivity index (χ1) is 12.7. The zero-order valence-electron chi connectivity index (χ0n) is 16.2. The zero-order valence-corrected chi connectivity index (χ0v) is 16.2. The van der Waals surface area contributed by atoms with E-state index in [-0.39, 0.29) is 18.4 Å². The first-order valence-corrected chi connectivity index (χ1v) is 9.05. The number of alkyl carbamates (subject to hydrolysis) is 1. The highest BCUT2D eigenvalue weighted by atomic mass is 16.6. The van der Waals surface area contributed by atoms with E-state index in [2.05, 4.69) is 5.32 Å². The molecule has 0 aliphatic carbocycles. The van der Waals surface area contributed by atoms with Crippen LogP contribution < -0.4 is 11.1 Å². The number of nitrogens with one attached hydrogen (secondary N) is 1. The van der Waals surface area contributed by atoms with Gasteiger partial charge in [0.25, 0.3) is 5.91 Å². The Bertz CT molecular complexity index is 682. The maximum Gasteiger partial charge on any atom is 0.408 e. The van der Waals surface area contributed by atoms with Crippen molar-refractivity contribution in [1.29, 1.82) is 0 Å². The molecule has 1 heterocycles. The lowest BCUT2D eigenvalue weighted by molar-refractivity contribution is -0.130. The Morgan fingerprint density at radius 1 is 1.04 bits per heavy atom. The number of rotatable bonds is 3. The summed E-state index contributed by atoms with van der Waals surface area (Å²) >= 11 is 0. The first kappa shape index (κ1) is 20.5. The molecule has 1 aromatic rings. The van der Waals surface area contributed by atoms with Gasteiger partial charge in [0, 0.05) is 37.4 Å². The Labute approximate surface area is 159 Å². The van der Waals surface area contributed by atoms with Crippen molar-refractivity contribution < 1.29 is 19.1 Å². The van der Waals surface area contributed by atoms with E-state index in [0.29, 0.717) is 43.9 Å². The number of amides is 3. The number of hydrogen-bond donors (Lipinski definition) is 2. The van der Waals surface area contributed by atoms with Crippen LogP contribution in [-0.2, 0) is 9.53 Å². The van der Waals surface area contributed by atoms with Crippen molar-refractivity contribution in [2.24, 2.45) is 0 Å². The van der Waals surface area contributed by atoms with Crippen LogP contribution >= 0.6 is 0 Å². The summed E-state index contributed by atoms with van der Waals surface area (Å²) in [6, 6.07) is 6.80. The summed E-state index contributed by atoms with van der Waals surface area (Å²) in [6.45, 7) is 7.15. The van der Waals surface area contributed by atoms with Crippen molar-refractivity contribution in [3.8, 4) is 0 Å². The molecule has 0 atom stereocenters. The second-order valence-corrected chi connectivity index (χ2v) is 7.50. The van der Waals surface area contributed by atoms with Gasteiger partial charge in [-0.15, -0.1) is 0 Å². The van der Waals surface area contributed by atoms with E-state index in [1.54, 1.807) is 54.8 Å². The van der Waals surface area contributed by atoms with Gasteiger partial charge in [0.2, 0.25) is 5.91 Å². The van der Waals surface area contributed by atoms with Crippen molar-refractivity contribution in [1.82, 2.24) is 15.1 Å². The Morgan fingerprint density at radius 2 is 1.63 bits per heavy atom. The van der Waals surface area contributed by atoms with Crippen molar-refractivity contribution in [3.63, 3.8) is 0 Å². The number of hydrogen-bond acceptors (Lipinski definition) is 5. The van der Waals surface area contributed by atoms with Gasteiger partial charge >= 0.3 is 6.09 Å². The molecule has 0 unspecified atom stereocenters. The minimum absolute atomic E-state index is 0.0730. The molecule has 0 spiro atoms. The van der Waals surface area contributed by atoms with Gasteiger partial charge in [-0.05, 0) is 51.5 Å². The standard InChI is InChI=1S/C19H28N4O4/c1-19(2,3)27-18(26)21-13-16(24)22-9-4-10-23(12-11-22)17(25)14-5-7-15(20)8-6-14/h5-8H,4,9-13,20H2,1-3H3,(H,21,26). The molecule has 8 nitrogen and oxygen atoms in total. The molecule has 0 bridgehead atoms. The van der Waals surface area contributed by atoms with E-state index in [9.17, 15) is 14.4 Å². The Hall–Kier alpha value is -2.77. The molecule has 3 N–H and O–H groups in total. The fourth-order valence-electron chi connectivity index (χ4n) is 2.75. The van der Waals surface area contributed by atoms with Crippen LogP contribution in [-0.4, -0.2) is 66.0 Å². The number of anilines is 1. The molecule has 2 rings (SSSR count). The number of nitrogens with zero attached hydrogens (tertiary/aromatic N) is 2. The van der Waals surface area contributed by atoms with Crippen molar-refractivity contribution in [2.45, 2.75) is 32.8 Å². The fraction of sp³-hybridized carbons (Fsp3) is 0.526. The molecule has 8 heteroatoms. The largest absolute Gasteiger partial charge is 0.444 e. The summed E-state index contributed by atoms with van der Waals surface area (Å²) in [5.41, 5.74) is 6.23. The third kappa shape index (κ3) is 6.47. The molecule has 0 saturated carbocycles. The molecule has 27 heavy (non-hydrogen) atoms. The van der Waals surface area contributed by atoms with E-state index in [1.807, 2.05) is 0 Å². The van der Waals surface area contributed by atoms with Crippen LogP contribution in [0.2, 0.25) is 0 Å². The normalized spacial score (nSPS) is 15.1. The number of carbonyl (C=O) groups excluding carboxylic acids is 3. The number of carbonyl (C=O) groups is 3. The van der Waals surface area contributed by atoms with Gasteiger partial charge in [-0.2, -0.15) is 0 Å². The maximum atomic E-state index is 12.6. The first-order valence-electron chi connectivity index (χ1n) is 9.05. The lowest BCUT2D eigenvalue weighted by atomic mass is 10.2. The fourth-order valence-corrected chi connectivity index (χ4v) is 2.75. The molecular weight excluding hydrogens is 348 g/mol. The summed E-state index contributed by atoms with van der Waals surface area (Å²) in [5, 5.41) is 2.48. The monoisotopic (exact) mass is 376 g/mol. The second kappa shape index (κ2) is 8.75. The quantitative estimate of drug-likeness (QED) is 0.777. The summed E-state index contributed by atoms with van der Waals surface area (Å²) < 4.78 is 5.12. The topological polar surface area (TPSA) is 105 Å². The molecule has 1 saturated heterocycles. The molecule has 0 aromatic heterocycles. The summed E-state index contributed by atoms with van der Waals surface area (Å²) in [5.74, 6) is -0.265. The summed E-state index contributed by atoms with van der Waals surface area (Å²) in [4.78, 5) is 40.0. The SMILES string of the molecule is CC(C)(C)OC(=O)NCC(=O)N1CCCN(C(=O)c2ccc(N)cc2)CC1. The van der Waals surface area contributed by atoms with Crippen LogP contribution in [0.3, 0.4) is 0 Å². The molecule has 1 aromatic carbocycles. The van der Waals surface area contributed by atoms with Crippen molar-refractivity contribution in [3.05, 3.63) is 29.8 Å². The van der Waals surface area contributed by atoms with Crippen LogP contribution in [0.1, 0.15) is 37.6 Å². The van der Waals surface area contributed by atoms with Gasteiger partial charge in [0.05, 0.1) is 0 Å². The molecule has 0 radical (unpaired) electrons. The van der Waals surface area contributed by atoms with E-state index in [0.717, 1.165) is 0 Å².